The molecule has 2 N–H and O–H groups in total. The van der Waals surface area contributed by atoms with E-state index in [1.165, 1.54) is 6.07 Å². The van der Waals surface area contributed by atoms with Crippen LogP contribution in [0.15, 0.2) is 18.2 Å². The molecular weight excluding hydrogens is 279 g/mol. The van der Waals surface area contributed by atoms with E-state index in [4.69, 9.17) is 11.6 Å². The fourth-order valence-electron chi connectivity index (χ4n) is 1.35. The molecule has 0 atom stereocenters. The number of nitrogens with one attached hydrogen (secondary N) is 2. The van der Waals surface area contributed by atoms with Gasteiger partial charge in [0.2, 0.25) is 10.0 Å². The Labute approximate surface area is 112 Å². The second-order valence-electron chi connectivity index (χ2n) is 3.95. The average Bonchev–Trinajstić information content (AvgIpc) is 2.26. The lowest BCUT2D eigenvalue weighted by atomic mass is 10.2. The van der Waals surface area contributed by atoms with Crippen LogP contribution in [-0.4, -0.2) is 27.8 Å². The van der Waals surface area contributed by atoms with Crippen molar-refractivity contribution in [2.24, 2.45) is 0 Å². The van der Waals surface area contributed by atoms with Crippen molar-refractivity contribution in [1.29, 1.82) is 0 Å². The smallest absolute Gasteiger partial charge is 0.208 e. The van der Waals surface area contributed by atoms with Crippen LogP contribution in [-0.2, 0) is 16.6 Å². The van der Waals surface area contributed by atoms with E-state index in [0.717, 1.165) is 11.8 Å². The molecule has 0 radical (unpaired) electrons. The first-order valence-corrected chi connectivity index (χ1v) is 7.75. The standard InChI is InChI=1S/C11H16ClFN2O2S/c1-18(16,17)15-6-2-5-14-8-9-3-4-11(13)10(12)7-9/h3-4,7,14-15H,2,5-6,8H2,1H3. The van der Waals surface area contributed by atoms with Crippen LogP contribution in [0.2, 0.25) is 5.02 Å². The number of hydrogen-bond donors (Lipinski definition) is 2. The fourth-order valence-corrected chi connectivity index (χ4v) is 2.07. The van der Waals surface area contributed by atoms with Crippen molar-refractivity contribution in [3.05, 3.63) is 34.6 Å². The maximum Gasteiger partial charge on any atom is 0.208 e. The molecule has 0 fully saturated rings. The summed E-state index contributed by atoms with van der Waals surface area (Å²) in [6.07, 6.45) is 1.81. The number of benzene rings is 1. The molecule has 0 saturated heterocycles. The second kappa shape index (κ2) is 7.04. The molecule has 1 aromatic rings. The zero-order chi connectivity index (χ0) is 13.6. The highest BCUT2D eigenvalue weighted by Crippen LogP contribution is 2.15. The Morgan fingerprint density at radius 2 is 2.06 bits per heavy atom. The summed E-state index contributed by atoms with van der Waals surface area (Å²) in [6, 6.07) is 4.55. The molecule has 0 spiro atoms. The predicted octanol–water partition coefficient (Wildman–Crippen LogP) is 1.51. The maximum absolute atomic E-state index is 12.9. The van der Waals surface area contributed by atoms with Crippen molar-refractivity contribution < 1.29 is 12.8 Å². The molecule has 0 bridgehead atoms. The highest BCUT2D eigenvalue weighted by Gasteiger charge is 2.01. The molecule has 0 heterocycles. The van der Waals surface area contributed by atoms with Crippen LogP contribution in [0.3, 0.4) is 0 Å². The van der Waals surface area contributed by atoms with Crippen LogP contribution >= 0.6 is 11.6 Å². The summed E-state index contributed by atoms with van der Waals surface area (Å²) < 4.78 is 36.8. The molecule has 0 aliphatic carbocycles. The first-order chi connectivity index (χ1) is 8.38. The van der Waals surface area contributed by atoms with E-state index in [1.807, 2.05) is 0 Å². The van der Waals surface area contributed by atoms with Gasteiger partial charge in [-0.3, -0.25) is 0 Å². The first-order valence-electron chi connectivity index (χ1n) is 5.48. The minimum absolute atomic E-state index is 0.105. The summed E-state index contributed by atoms with van der Waals surface area (Å²) >= 11 is 5.65. The summed E-state index contributed by atoms with van der Waals surface area (Å²) in [5, 5.41) is 3.22. The van der Waals surface area contributed by atoms with Crippen LogP contribution in [0.4, 0.5) is 4.39 Å². The molecule has 1 rings (SSSR count). The SMILES string of the molecule is CS(=O)(=O)NCCCNCc1ccc(F)c(Cl)c1. The van der Waals surface area contributed by atoms with Gasteiger partial charge in [-0.15, -0.1) is 0 Å². The van der Waals surface area contributed by atoms with E-state index in [2.05, 4.69) is 10.0 Å². The minimum Gasteiger partial charge on any atom is -0.313 e. The number of halogens is 2. The first kappa shape index (κ1) is 15.4. The van der Waals surface area contributed by atoms with Gasteiger partial charge in [0.15, 0.2) is 0 Å². The van der Waals surface area contributed by atoms with Crippen LogP contribution < -0.4 is 10.0 Å². The monoisotopic (exact) mass is 294 g/mol. The second-order valence-corrected chi connectivity index (χ2v) is 6.19. The molecule has 4 nitrogen and oxygen atoms in total. The van der Waals surface area contributed by atoms with Gasteiger partial charge in [0.1, 0.15) is 5.82 Å². The van der Waals surface area contributed by atoms with Crippen molar-refractivity contribution >= 4 is 21.6 Å². The summed E-state index contributed by atoms with van der Waals surface area (Å²) in [5.41, 5.74) is 0.887. The summed E-state index contributed by atoms with van der Waals surface area (Å²) in [7, 11) is -3.11. The Morgan fingerprint density at radius 3 is 2.67 bits per heavy atom. The molecule has 0 unspecified atom stereocenters. The fraction of sp³-hybridized carbons (Fsp3) is 0.455. The number of hydrogen-bond acceptors (Lipinski definition) is 3. The highest BCUT2D eigenvalue weighted by atomic mass is 35.5. The van der Waals surface area contributed by atoms with Gasteiger partial charge in [0, 0.05) is 13.1 Å². The zero-order valence-electron chi connectivity index (χ0n) is 10.0. The van der Waals surface area contributed by atoms with E-state index in [9.17, 15) is 12.8 Å². The molecule has 7 heteroatoms. The lowest BCUT2D eigenvalue weighted by molar-refractivity contribution is 0.579. The lowest BCUT2D eigenvalue weighted by Gasteiger charge is -2.06. The molecule has 0 saturated carbocycles. The number of sulfonamides is 1. The maximum atomic E-state index is 12.9. The van der Waals surface area contributed by atoms with E-state index in [0.29, 0.717) is 26.1 Å². The Balaban J connectivity index is 2.20. The third-order valence-electron chi connectivity index (χ3n) is 2.21. The van der Waals surface area contributed by atoms with E-state index >= 15 is 0 Å². The summed E-state index contributed by atoms with van der Waals surface area (Å²) in [5.74, 6) is -0.433. The normalized spacial score (nSPS) is 11.7. The van der Waals surface area contributed by atoms with Gasteiger partial charge in [0.05, 0.1) is 11.3 Å². The summed E-state index contributed by atoms with van der Waals surface area (Å²) in [6.45, 7) is 1.63. The Morgan fingerprint density at radius 1 is 1.33 bits per heavy atom. The highest BCUT2D eigenvalue weighted by molar-refractivity contribution is 7.88. The van der Waals surface area contributed by atoms with Gasteiger partial charge in [-0.25, -0.2) is 17.5 Å². The van der Waals surface area contributed by atoms with Crippen molar-refractivity contribution in [2.45, 2.75) is 13.0 Å². The largest absolute Gasteiger partial charge is 0.313 e. The molecule has 0 aliphatic rings. The van der Waals surface area contributed by atoms with Gasteiger partial charge >= 0.3 is 0 Å². The van der Waals surface area contributed by atoms with Crippen molar-refractivity contribution in [2.75, 3.05) is 19.3 Å². The van der Waals surface area contributed by atoms with Gasteiger partial charge in [-0.1, -0.05) is 17.7 Å². The van der Waals surface area contributed by atoms with Gasteiger partial charge < -0.3 is 5.32 Å². The molecule has 0 aliphatic heterocycles. The molecule has 1 aromatic carbocycles. The average molecular weight is 295 g/mol. The Hall–Kier alpha value is -0.690. The predicted molar refractivity (Wildman–Crippen MR) is 70.6 cm³/mol. The van der Waals surface area contributed by atoms with Crippen LogP contribution in [0, 0.1) is 5.82 Å². The van der Waals surface area contributed by atoms with Crippen LogP contribution in [0.5, 0.6) is 0 Å². The molecule has 102 valence electrons. The molecular formula is C11H16ClFN2O2S. The third-order valence-corrected chi connectivity index (χ3v) is 3.23. The molecule has 0 amide bonds. The van der Waals surface area contributed by atoms with Crippen molar-refractivity contribution in [3.63, 3.8) is 0 Å². The van der Waals surface area contributed by atoms with E-state index < -0.39 is 15.8 Å². The van der Waals surface area contributed by atoms with E-state index in [-0.39, 0.29) is 5.02 Å². The minimum atomic E-state index is -3.11. The van der Waals surface area contributed by atoms with E-state index in [1.54, 1.807) is 12.1 Å². The summed E-state index contributed by atoms with van der Waals surface area (Å²) in [4.78, 5) is 0. The lowest BCUT2D eigenvalue weighted by Crippen LogP contribution is -2.26. The Bertz CT molecular complexity index is 494. The zero-order valence-corrected chi connectivity index (χ0v) is 11.6. The number of rotatable bonds is 7. The van der Waals surface area contributed by atoms with Gasteiger partial charge in [-0.2, -0.15) is 0 Å². The molecule has 18 heavy (non-hydrogen) atoms. The topological polar surface area (TPSA) is 58.2 Å². The van der Waals surface area contributed by atoms with Gasteiger partial charge in [0.25, 0.3) is 0 Å². The Kier molecular flexibility index (Phi) is 6.01. The van der Waals surface area contributed by atoms with Crippen molar-refractivity contribution in [3.8, 4) is 0 Å². The third kappa shape index (κ3) is 6.30. The quantitative estimate of drug-likeness (QED) is 0.750. The van der Waals surface area contributed by atoms with Crippen LogP contribution in [0.1, 0.15) is 12.0 Å². The van der Waals surface area contributed by atoms with Gasteiger partial charge in [-0.05, 0) is 30.7 Å². The van der Waals surface area contributed by atoms with Crippen LogP contribution in [0.25, 0.3) is 0 Å². The molecule has 0 aromatic heterocycles. The van der Waals surface area contributed by atoms with Crippen molar-refractivity contribution in [1.82, 2.24) is 10.0 Å².